The Morgan fingerprint density at radius 2 is 1.62 bits per heavy atom. The Balaban J connectivity index is 1.82. The minimum atomic E-state index is -0.424. The normalized spacial score (nSPS) is 22.3. The van der Waals surface area contributed by atoms with Crippen molar-refractivity contribution >= 4 is 23.3 Å². The van der Waals surface area contributed by atoms with Crippen molar-refractivity contribution in [1.29, 1.82) is 0 Å². The highest BCUT2D eigenvalue weighted by Crippen LogP contribution is 2.54. The number of esters is 1. The molecule has 1 fully saturated rings. The van der Waals surface area contributed by atoms with Crippen LogP contribution in [0.15, 0.2) is 60.7 Å². The zero-order valence-electron chi connectivity index (χ0n) is 13.4. The molecule has 1 unspecified atom stereocenters. The Hall–Kier alpha value is -2.06. The van der Waals surface area contributed by atoms with Gasteiger partial charge in [-0.3, -0.25) is 4.79 Å². The molecule has 0 amide bonds. The van der Waals surface area contributed by atoms with Crippen LogP contribution in [-0.2, 0) is 9.53 Å². The first-order valence-corrected chi connectivity index (χ1v) is 8.82. The number of halogens is 1. The molecule has 0 N–H and O–H groups in total. The molecule has 1 aliphatic carbocycles. The van der Waals surface area contributed by atoms with Crippen LogP contribution >= 0.6 is 11.6 Å². The molecule has 24 heavy (non-hydrogen) atoms. The number of benzene rings is 2. The minimum absolute atomic E-state index is 0.0359. The molecule has 1 spiro atoms. The summed E-state index contributed by atoms with van der Waals surface area (Å²) in [4.78, 5) is 13.0. The SMILES string of the molecule is O=C1OC(c2ccccc2)=CC(c2ccc(Cl)cc2)C12CCCC2. The third-order valence-electron chi connectivity index (χ3n) is 5.31. The van der Waals surface area contributed by atoms with Crippen LogP contribution in [0.4, 0.5) is 0 Å². The molecule has 122 valence electrons. The summed E-state index contributed by atoms with van der Waals surface area (Å²) < 4.78 is 5.78. The molecular weight excluding hydrogens is 320 g/mol. The van der Waals surface area contributed by atoms with E-state index < -0.39 is 5.41 Å². The fourth-order valence-corrected chi connectivity index (χ4v) is 4.16. The van der Waals surface area contributed by atoms with Crippen molar-refractivity contribution in [3.05, 3.63) is 76.8 Å². The Bertz CT molecular complexity index is 771. The first-order valence-electron chi connectivity index (χ1n) is 8.44. The number of cyclic esters (lactones) is 1. The van der Waals surface area contributed by atoms with Crippen molar-refractivity contribution in [1.82, 2.24) is 0 Å². The molecule has 0 bridgehead atoms. The summed E-state index contributed by atoms with van der Waals surface area (Å²) in [6.45, 7) is 0. The van der Waals surface area contributed by atoms with Crippen molar-refractivity contribution in [2.24, 2.45) is 5.41 Å². The van der Waals surface area contributed by atoms with Crippen LogP contribution in [0.1, 0.15) is 42.7 Å². The molecule has 1 saturated carbocycles. The van der Waals surface area contributed by atoms with Crippen LogP contribution in [0.5, 0.6) is 0 Å². The number of allylic oxidation sites excluding steroid dienone is 1. The molecule has 2 aromatic carbocycles. The molecule has 1 heterocycles. The van der Waals surface area contributed by atoms with Crippen LogP contribution < -0.4 is 0 Å². The van der Waals surface area contributed by atoms with Crippen LogP contribution in [-0.4, -0.2) is 5.97 Å². The van der Waals surface area contributed by atoms with E-state index in [4.69, 9.17) is 16.3 Å². The highest BCUT2D eigenvalue weighted by Gasteiger charge is 2.51. The first kappa shape index (κ1) is 15.5. The van der Waals surface area contributed by atoms with Gasteiger partial charge >= 0.3 is 5.97 Å². The fourth-order valence-electron chi connectivity index (χ4n) is 4.04. The van der Waals surface area contributed by atoms with Crippen molar-refractivity contribution in [2.75, 3.05) is 0 Å². The van der Waals surface area contributed by atoms with Gasteiger partial charge in [0.15, 0.2) is 0 Å². The van der Waals surface area contributed by atoms with Gasteiger partial charge in [-0.05, 0) is 36.6 Å². The van der Waals surface area contributed by atoms with Gasteiger partial charge in [-0.25, -0.2) is 0 Å². The van der Waals surface area contributed by atoms with Gasteiger partial charge in [-0.1, -0.05) is 66.9 Å². The van der Waals surface area contributed by atoms with E-state index in [9.17, 15) is 4.79 Å². The lowest BCUT2D eigenvalue weighted by Crippen LogP contribution is -2.38. The smallest absolute Gasteiger partial charge is 0.318 e. The van der Waals surface area contributed by atoms with Crippen molar-refractivity contribution in [2.45, 2.75) is 31.6 Å². The second-order valence-corrected chi connectivity index (χ2v) is 7.12. The van der Waals surface area contributed by atoms with Gasteiger partial charge in [0, 0.05) is 16.5 Å². The third-order valence-corrected chi connectivity index (χ3v) is 5.56. The standard InChI is InChI=1S/C21H19ClO2/c22-17-10-8-15(9-11-17)18-14-19(16-6-2-1-3-7-16)24-20(23)21(18)12-4-5-13-21/h1-3,6-11,14,18H,4-5,12-13H2. The predicted molar refractivity (Wildman–Crippen MR) is 95.6 cm³/mol. The number of rotatable bonds is 2. The van der Waals surface area contributed by atoms with E-state index in [1.807, 2.05) is 54.6 Å². The van der Waals surface area contributed by atoms with Gasteiger partial charge in [0.2, 0.25) is 0 Å². The van der Waals surface area contributed by atoms with E-state index in [0.29, 0.717) is 10.8 Å². The summed E-state index contributed by atoms with van der Waals surface area (Å²) in [6, 6.07) is 17.7. The van der Waals surface area contributed by atoms with E-state index in [1.54, 1.807) is 0 Å². The fraction of sp³-hybridized carbons (Fsp3) is 0.286. The molecule has 2 aliphatic rings. The first-order chi connectivity index (χ1) is 11.7. The van der Waals surface area contributed by atoms with Gasteiger partial charge in [-0.15, -0.1) is 0 Å². The van der Waals surface area contributed by atoms with Crippen LogP contribution in [0.3, 0.4) is 0 Å². The molecule has 0 aromatic heterocycles. The average Bonchev–Trinajstić information content (AvgIpc) is 3.10. The monoisotopic (exact) mass is 338 g/mol. The van der Waals surface area contributed by atoms with Gasteiger partial charge in [0.05, 0.1) is 5.41 Å². The zero-order chi connectivity index (χ0) is 16.6. The molecule has 1 atom stereocenters. The Morgan fingerprint density at radius 3 is 2.29 bits per heavy atom. The summed E-state index contributed by atoms with van der Waals surface area (Å²) in [5.41, 5.74) is 1.65. The Morgan fingerprint density at radius 1 is 0.958 bits per heavy atom. The largest absolute Gasteiger partial charge is 0.426 e. The lowest BCUT2D eigenvalue weighted by Gasteiger charge is -2.38. The highest BCUT2D eigenvalue weighted by atomic mass is 35.5. The summed E-state index contributed by atoms with van der Waals surface area (Å²) in [6.07, 6.45) is 6.06. The molecule has 4 rings (SSSR count). The minimum Gasteiger partial charge on any atom is -0.426 e. The lowest BCUT2D eigenvalue weighted by molar-refractivity contribution is -0.150. The van der Waals surface area contributed by atoms with Crippen molar-refractivity contribution in [3.8, 4) is 0 Å². The van der Waals surface area contributed by atoms with Crippen LogP contribution in [0.25, 0.3) is 5.76 Å². The summed E-state index contributed by atoms with van der Waals surface area (Å²) in [7, 11) is 0. The number of hydrogen-bond donors (Lipinski definition) is 0. The zero-order valence-corrected chi connectivity index (χ0v) is 14.1. The average molecular weight is 339 g/mol. The topological polar surface area (TPSA) is 26.3 Å². The molecule has 0 saturated heterocycles. The van der Waals surface area contributed by atoms with Crippen LogP contribution in [0, 0.1) is 5.41 Å². The maximum Gasteiger partial charge on any atom is 0.318 e. The van der Waals surface area contributed by atoms with Gasteiger partial charge in [0.1, 0.15) is 5.76 Å². The van der Waals surface area contributed by atoms with E-state index in [-0.39, 0.29) is 11.9 Å². The summed E-state index contributed by atoms with van der Waals surface area (Å²) in [5.74, 6) is 0.619. The maximum atomic E-state index is 13.0. The second kappa shape index (κ2) is 6.10. The van der Waals surface area contributed by atoms with Crippen LogP contribution in [0.2, 0.25) is 5.02 Å². The Kier molecular flexibility index (Phi) is 3.93. The highest BCUT2D eigenvalue weighted by molar-refractivity contribution is 6.30. The number of carbonyl (C=O) groups is 1. The molecule has 2 aromatic rings. The van der Waals surface area contributed by atoms with Gasteiger partial charge in [0.25, 0.3) is 0 Å². The maximum absolute atomic E-state index is 13.0. The summed E-state index contributed by atoms with van der Waals surface area (Å²) >= 11 is 6.05. The molecule has 2 nitrogen and oxygen atoms in total. The van der Waals surface area contributed by atoms with Gasteiger partial charge in [-0.2, -0.15) is 0 Å². The quantitative estimate of drug-likeness (QED) is 0.668. The van der Waals surface area contributed by atoms with E-state index in [2.05, 4.69) is 6.08 Å². The third kappa shape index (κ3) is 2.55. The predicted octanol–water partition coefficient (Wildman–Crippen LogP) is 5.58. The Labute approximate surface area is 147 Å². The van der Waals surface area contributed by atoms with E-state index in [0.717, 1.165) is 36.8 Å². The number of hydrogen-bond acceptors (Lipinski definition) is 2. The van der Waals surface area contributed by atoms with Crippen molar-refractivity contribution in [3.63, 3.8) is 0 Å². The molecule has 1 aliphatic heterocycles. The number of carbonyl (C=O) groups excluding carboxylic acids is 1. The number of ether oxygens (including phenoxy) is 1. The molecule has 3 heteroatoms. The van der Waals surface area contributed by atoms with E-state index in [1.165, 1.54) is 0 Å². The second-order valence-electron chi connectivity index (χ2n) is 6.68. The van der Waals surface area contributed by atoms with E-state index >= 15 is 0 Å². The van der Waals surface area contributed by atoms with Crippen molar-refractivity contribution < 1.29 is 9.53 Å². The lowest BCUT2D eigenvalue weighted by atomic mass is 9.69. The van der Waals surface area contributed by atoms with Gasteiger partial charge < -0.3 is 4.74 Å². The molecule has 0 radical (unpaired) electrons. The molecular formula is C21H19ClO2. The summed E-state index contributed by atoms with van der Waals surface area (Å²) in [5, 5.41) is 0.713.